The van der Waals surface area contributed by atoms with Crippen molar-refractivity contribution in [2.24, 2.45) is 0 Å². The molecule has 1 amide bonds. The second kappa shape index (κ2) is 7.97. The second-order valence-corrected chi connectivity index (χ2v) is 7.63. The molecular weight excluding hydrogens is 376 g/mol. The molecule has 1 saturated heterocycles. The first-order valence-corrected chi connectivity index (χ1v) is 10.1. The average molecular weight is 398 g/mol. The number of nitrogens with two attached hydrogens (primary N) is 1. The van der Waals surface area contributed by atoms with E-state index in [9.17, 15) is 4.79 Å². The molecule has 0 spiro atoms. The Bertz CT molecular complexity index is 963. The van der Waals surface area contributed by atoms with Gasteiger partial charge in [0, 0.05) is 24.5 Å². The topological polar surface area (TPSA) is 102 Å². The SMILES string of the molecule is Cc1cc(N2CCCC2)ccc1NC(=O)CSc1nnc(-c2ccco2)n1N. The minimum atomic E-state index is -0.121. The number of hydrogen-bond acceptors (Lipinski definition) is 7. The van der Waals surface area contributed by atoms with Gasteiger partial charge in [0.25, 0.3) is 0 Å². The number of furan rings is 1. The first kappa shape index (κ1) is 18.4. The van der Waals surface area contributed by atoms with E-state index in [4.69, 9.17) is 10.3 Å². The highest BCUT2D eigenvalue weighted by Crippen LogP contribution is 2.26. The van der Waals surface area contributed by atoms with Crippen LogP contribution in [-0.4, -0.2) is 39.6 Å². The van der Waals surface area contributed by atoms with Crippen molar-refractivity contribution in [3.05, 3.63) is 42.2 Å². The molecule has 8 nitrogen and oxygen atoms in total. The van der Waals surface area contributed by atoms with Crippen molar-refractivity contribution in [2.45, 2.75) is 24.9 Å². The predicted octanol–water partition coefficient (Wildman–Crippen LogP) is 2.89. The average Bonchev–Trinajstić information content (AvgIpc) is 3.44. The molecule has 1 aliphatic heterocycles. The van der Waals surface area contributed by atoms with Gasteiger partial charge in [-0.3, -0.25) is 4.79 Å². The highest BCUT2D eigenvalue weighted by molar-refractivity contribution is 7.99. The van der Waals surface area contributed by atoms with E-state index in [0.29, 0.717) is 16.7 Å². The number of rotatable bonds is 6. The lowest BCUT2D eigenvalue weighted by Crippen LogP contribution is -2.19. The Morgan fingerprint density at radius 1 is 1.29 bits per heavy atom. The molecule has 0 bridgehead atoms. The van der Waals surface area contributed by atoms with Gasteiger partial charge in [-0.2, -0.15) is 0 Å². The van der Waals surface area contributed by atoms with E-state index >= 15 is 0 Å². The van der Waals surface area contributed by atoms with Crippen LogP contribution in [0.25, 0.3) is 11.6 Å². The van der Waals surface area contributed by atoms with Crippen LogP contribution in [0.3, 0.4) is 0 Å². The van der Waals surface area contributed by atoms with E-state index in [1.807, 2.05) is 13.0 Å². The highest BCUT2D eigenvalue weighted by atomic mass is 32.2. The third-order valence-corrected chi connectivity index (χ3v) is 5.64. The number of nitrogens with one attached hydrogen (secondary N) is 1. The molecule has 1 aromatic carbocycles. The van der Waals surface area contributed by atoms with Crippen molar-refractivity contribution >= 4 is 29.0 Å². The summed E-state index contributed by atoms with van der Waals surface area (Å²) in [5.41, 5.74) is 3.08. The Kier molecular flexibility index (Phi) is 5.25. The summed E-state index contributed by atoms with van der Waals surface area (Å²) < 4.78 is 6.61. The van der Waals surface area contributed by atoms with E-state index in [2.05, 4.69) is 32.5 Å². The summed E-state index contributed by atoms with van der Waals surface area (Å²) in [6.07, 6.45) is 4.02. The lowest BCUT2D eigenvalue weighted by molar-refractivity contribution is -0.113. The first-order valence-electron chi connectivity index (χ1n) is 9.14. The fraction of sp³-hybridized carbons (Fsp3) is 0.316. The maximum absolute atomic E-state index is 12.4. The number of carbonyl (C=O) groups is 1. The van der Waals surface area contributed by atoms with Crippen LogP contribution < -0.4 is 16.1 Å². The van der Waals surface area contributed by atoms with Crippen LogP contribution >= 0.6 is 11.8 Å². The third-order valence-electron chi connectivity index (χ3n) is 4.69. The van der Waals surface area contributed by atoms with E-state index in [-0.39, 0.29) is 11.7 Å². The molecule has 3 aromatic rings. The van der Waals surface area contributed by atoms with Crippen LogP contribution in [0.4, 0.5) is 11.4 Å². The normalized spacial score (nSPS) is 13.8. The number of thioether (sulfide) groups is 1. The maximum atomic E-state index is 12.4. The summed E-state index contributed by atoms with van der Waals surface area (Å²) in [6, 6.07) is 9.66. The van der Waals surface area contributed by atoms with Crippen LogP contribution in [0.15, 0.2) is 46.2 Å². The number of anilines is 2. The van der Waals surface area contributed by atoms with Crippen molar-refractivity contribution in [2.75, 3.05) is 34.9 Å². The molecule has 0 radical (unpaired) electrons. The molecule has 28 heavy (non-hydrogen) atoms. The second-order valence-electron chi connectivity index (χ2n) is 6.68. The molecule has 1 aliphatic rings. The van der Waals surface area contributed by atoms with Gasteiger partial charge in [-0.25, -0.2) is 4.68 Å². The molecule has 146 valence electrons. The van der Waals surface area contributed by atoms with Crippen molar-refractivity contribution in [1.29, 1.82) is 0 Å². The van der Waals surface area contributed by atoms with E-state index < -0.39 is 0 Å². The highest BCUT2D eigenvalue weighted by Gasteiger charge is 2.16. The van der Waals surface area contributed by atoms with Gasteiger partial charge in [-0.1, -0.05) is 11.8 Å². The van der Waals surface area contributed by atoms with E-state index in [1.54, 1.807) is 18.4 Å². The predicted molar refractivity (Wildman–Crippen MR) is 110 cm³/mol. The number of hydrogen-bond donors (Lipinski definition) is 2. The van der Waals surface area contributed by atoms with Crippen LogP contribution in [-0.2, 0) is 4.79 Å². The minimum absolute atomic E-state index is 0.121. The molecular formula is C19H22N6O2S. The van der Waals surface area contributed by atoms with Crippen LogP contribution in [0.5, 0.6) is 0 Å². The summed E-state index contributed by atoms with van der Waals surface area (Å²) in [6.45, 7) is 4.21. The Labute approximate surface area is 167 Å². The van der Waals surface area contributed by atoms with Crippen molar-refractivity contribution < 1.29 is 9.21 Å². The first-order chi connectivity index (χ1) is 13.6. The Morgan fingerprint density at radius 2 is 2.11 bits per heavy atom. The smallest absolute Gasteiger partial charge is 0.234 e. The van der Waals surface area contributed by atoms with E-state index in [1.165, 1.54) is 35.0 Å². The van der Waals surface area contributed by atoms with Gasteiger partial charge < -0.3 is 20.5 Å². The van der Waals surface area contributed by atoms with Crippen LogP contribution in [0, 0.1) is 6.92 Å². The zero-order chi connectivity index (χ0) is 19.5. The van der Waals surface area contributed by atoms with Gasteiger partial charge in [0.1, 0.15) is 0 Å². The Hall–Kier alpha value is -2.94. The Balaban J connectivity index is 1.36. The standard InChI is InChI=1S/C19H22N6O2S/c1-13-11-14(24-8-2-3-9-24)6-7-15(13)21-17(26)12-28-19-23-22-18(25(19)20)16-5-4-10-27-16/h4-7,10-11H,2-3,8-9,12,20H2,1H3,(H,21,26). The summed E-state index contributed by atoms with van der Waals surface area (Å²) in [7, 11) is 0. The van der Waals surface area contributed by atoms with Crippen LogP contribution in [0.1, 0.15) is 18.4 Å². The quantitative estimate of drug-likeness (QED) is 0.486. The number of nitrogen functional groups attached to an aromatic ring is 1. The van der Waals surface area contributed by atoms with Gasteiger partial charge in [-0.05, 0) is 55.7 Å². The number of benzene rings is 1. The number of nitrogens with zero attached hydrogens (tertiary/aromatic N) is 4. The minimum Gasteiger partial charge on any atom is -0.461 e. The summed E-state index contributed by atoms with van der Waals surface area (Å²) >= 11 is 1.22. The molecule has 0 saturated carbocycles. The molecule has 1 fully saturated rings. The molecule has 3 N–H and O–H groups in total. The number of amides is 1. The monoisotopic (exact) mass is 398 g/mol. The summed E-state index contributed by atoms with van der Waals surface area (Å²) in [5, 5.41) is 11.5. The molecule has 2 aromatic heterocycles. The Morgan fingerprint density at radius 3 is 2.82 bits per heavy atom. The van der Waals surface area contributed by atoms with Crippen LogP contribution in [0.2, 0.25) is 0 Å². The molecule has 3 heterocycles. The molecule has 4 rings (SSSR count). The van der Waals surface area contributed by atoms with E-state index in [0.717, 1.165) is 24.3 Å². The molecule has 0 aliphatic carbocycles. The zero-order valence-corrected chi connectivity index (χ0v) is 16.4. The largest absolute Gasteiger partial charge is 0.461 e. The van der Waals surface area contributed by atoms with Crippen molar-refractivity contribution in [3.8, 4) is 11.6 Å². The lowest BCUT2D eigenvalue weighted by Gasteiger charge is -2.19. The number of aryl methyl sites for hydroxylation is 1. The molecule has 0 atom stereocenters. The molecule has 0 unspecified atom stereocenters. The summed E-state index contributed by atoms with van der Waals surface area (Å²) in [5.74, 6) is 7.01. The van der Waals surface area contributed by atoms with Gasteiger partial charge >= 0.3 is 0 Å². The number of aromatic nitrogens is 3. The van der Waals surface area contributed by atoms with Crippen molar-refractivity contribution in [3.63, 3.8) is 0 Å². The van der Waals surface area contributed by atoms with Gasteiger partial charge in [-0.15, -0.1) is 10.2 Å². The zero-order valence-electron chi connectivity index (χ0n) is 15.6. The maximum Gasteiger partial charge on any atom is 0.234 e. The fourth-order valence-electron chi connectivity index (χ4n) is 3.23. The number of carbonyl (C=O) groups excluding carboxylic acids is 1. The summed E-state index contributed by atoms with van der Waals surface area (Å²) in [4.78, 5) is 14.7. The fourth-order valence-corrected chi connectivity index (χ4v) is 3.88. The van der Waals surface area contributed by atoms with Gasteiger partial charge in [0.15, 0.2) is 5.76 Å². The van der Waals surface area contributed by atoms with Gasteiger partial charge in [0.05, 0.1) is 12.0 Å². The lowest BCUT2D eigenvalue weighted by atomic mass is 10.1. The third kappa shape index (κ3) is 3.84. The van der Waals surface area contributed by atoms with Gasteiger partial charge in [0.2, 0.25) is 16.9 Å². The molecule has 9 heteroatoms. The van der Waals surface area contributed by atoms with Crippen molar-refractivity contribution in [1.82, 2.24) is 14.9 Å².